The molecule has 6 N–H and O–H groups in total. The first-order valence-corrected chi connectivity index (χ1v) is 13.1. The zero-order valence-corrected chi connectivity index (χ0v) is 25.3. The molecule has 0 bridgehead atoms. The van der Waals surface area contributed by atoms with E-state index in [0.29, 0.717) is 22.3 Å². The van der Waals surface area contributed by atoms with Crippen molar-refractivity contribution in [3.05, 3.63) is 57.6 Å². The van der Waals surface area contributed by atoms with Crippen LogP contribution < -0.4 is 31.6 Å². The smallest absolute Gasteiger partial charge is 0.330 e. The third-order valence-corrected chi connectivity index (χ3v) is 6.37. The summed E-state index contributed by atoms with van der Waals surface area (Å²) >= 11 is 0. The van der Waals surface area contributed by atoms with E-state index in [1.807, 2.05) is 38.1 Å². The maximum atomic E-state index is 12.5. The minimum absolute atomic E-state index is 0.116. The summed E-state index contributed by atoms with van der Waals surface area (Å²) in [4.78, 5) is 47.0. The van der Waals surface area contributed by atoms with Gasteiger partial charge >= 0.3 is 24.0 Å². The fourth-order valence-corrected chi connectivity index (χ4v) is 4.33. The summed E-state index contributed by atoms with van der Waals surface area (Å²) in [7, 11) is 6.06. The molecule has 43 heavy (non-hydrogen) atoms. The zero-order valence-electron chi connectivity index (χ0n) is 25.3. The summed E-state index contributed by atoms with van der Waals surface area (Å²) in [5.41, 5.74) is 13.5. The Morgan fingerprint density at radius 1 is 0.605 bits per heavy atom. The number of carbonyl (C=O) groups excluding carboxylic acids is 4. The van der Waals surface area contributed by atoms with Gasteiger partial charge in [0.1, 0.15) is 24.6 Å². The number of nitrogens with two attached hydrogens (primary N) is 2. The molecule has 0 aliphatic carbocycles. The van der Waals surface area contributed by atoms with Crippen LogP contribution in [0.4, 0.5) is 9.59 Å². The van der Waals surface area contributed by atoms with Crippen LogP contribution >= 0.6 is 0 Å². The van der Waals surface area contributed by atoms with Crippen molar-refractivity contribution in [3.8, 4) is 11.5 Å². The summed E-state index contributed by atoms with van der Waals surface area (Å²) in [5.74, 6) is -0.923. The average Bonchev–Trinajstić information content (AvgIpc) is 2.94. The molecule has 0 aromatic heterocycles. The van der Waals surface area contributed by atoms with Gasteiger partial charge in [-0.15, -0.1) is 0 Å². The molecular weight excluding hydrogens is 564 g/mol. The molecule has 2 aromatic carbocycles. The van der Waals surface area contributed by atoms with Crippen LogP contribution in [0.2, 0.25) is 0 Å². The lowest BCUT2D eigenvalue weighted by atomic mass is 9.76. The van der Waals surface area contributed by atoms with E-state index >= 15 is 0 Å². The Labute approximate surface area is 250 Å². The van der Waals surface area contributed by atoms with Gasteiger partial charge in [-0.1, -0.05) is 13.8 Å². The maximum Gasteiger partial charge on any atom is 0.330 e. The summed E-state index contributed by atoms with van der Waals surface area (Å²) in [5, 5.41) is 4.42. The first-order chi connectivity index (χ1) is 20.4. The number of hydrogen-bond acceptors (Lipinski definition) is 10. The zero-order chi connectivity index (χ0) is 32.2. The second-order valence-electron chi connectivity index (χ2n) is 9.99. The van der Waals surface area contributed by atoms with Crippen molar-refractivity contribution >= 4 is 24.0 Å². The van der Waals surface area contributed by atoms with Crippen molar-refractivity contribution < 1.29 is 47.6 Å². The SMILES string of the molecule is COCc1cc(C(C)(C)c2cc(COC)c(OC(=O)CNC(N)=O)c(COC)c2)cc(COC)c1OC(=O)CNC(N)=O. The predicted molar refractivity (Wildman–Crippen MR) is 154 cm³/mol. The van der Waals surface area contributed by atoms with Crippen molar-refractivity contribution in [2.75, 3.05) is 41.5 Å². The number of urea groups is 2. The van der Waals surface area contributed by atoms with E-state index in [4.69, 9.17) is 39.9 Å². The Morgan fingerprint density at radius 3 is 1.12 bits per heavy atom. The van der Waals surface area contributed by atoms with Crippen molar-refractivity contribution in [1.82, 2.24) is 10.6 Å². The molecule has 4 amide bonds. The first-order valence-electron chi connectivity index (χ1n) is 13.1. The highest BCUT2D eigenvalue weighted by Crippen LogP contribution is 2.40. The minimum atomic E-state index is -0.855. The number of rotatable bonds is 16. The maximum absolute atomic E-state index is 12.5. The molecule has 0 radical (unpaired) electrons. The number of primary amides is 2. The predicted octanol–water partition coefficient (Wildman–Crippen LogP) is 1.75. The van der Waals surface area contributed by atoms with Crippen LogP contribution in [-0.2, 0) is 60.4 Å². The molecule has 0 fully saturated rings. The number of nitrogens with one attached hydrogen (secondary N) is 2. The van der Waals surface area contributed by atoms with E-state index < -0.39 is 42.5 Å². The number of ether oxygens (including phenoxy) is 6. The highest BCUT2D eigenvalue weighted by atomic mass is 16.5. The van der Waals surface area contributed by atoms with Gasteiger partial charge in [-0.05, 0) is 35.4 Å². The Bertz CT molecular complexity index is 1160. The molecule has 0 atom stereocenters. The number of hydrogen-bond donors (Lipinski definition) is 4. The average molecular weight is 605 g/mol. The summed E-state index contributed by atoms with van der Waals surface area (Å²) in [6.45, 7) is 3.64. The molecule has 0 unspecified atom stereocenters. The second-order valence-corrected chi connectivity index (χ2v) is 9.99. The van der Waals surface area contributed by atoms with Gasteiger partial charge in [-0.3, -0.25) is 0 Å². The van der Waals surface area contributed by atoms with E-state index in [9.17, 15) is 19.2 Å². The van der Waals surface area contributed by atoms with Crippen LogP contribution in [0.5, 0.6) is 11.5 Å². The van der Waals surface area contributed by atoms with Gasteiger partial charge in [0.15, 0.2) is 0 Å². The molecule has 0 saturated carbocycles. The van der Waals surface area contributed by atoms with E-state index in [1.54, 1.807) is 0 Å². The molecule has 236 valence electrons. The Balaban J connectivity index is 2.65. The quantitative estimate of drug-likeness (QED) is 0.162. The van der Waals surface area contributed by atoms with Crippen LogP contribution in [0, 0.1) is 0 Å². The van der Waals surface area contributed by atoms with Crippen molar-refractivity contribution in [2.45, 2.75) is 45.7 Å². The Morgan fingerprint density at radius 2 is 0.884 bits per heavy atom. The largest absolute Gasteiger partial charge is 0.424 e. The normalized spacial score (nSPS) is 11.1. The molecule has 0 spiro atoms. The van der Waals surface area contributed by atoms with Gasteiger partial charge in [-0.2, -0.15) is 0 Å². The van der Waals surface area contributed by atoms with Crippen molar-refractivity contribution in [1.29, 1.82) is 0 Å². The lowest BCUT2D eigenvalue weighted by Crippen LogP contribution is -2.35. The number of benzene rings is 2. The van der Waals surface area contributed by atoms with Crippen LogP contribution in [0.1, 0.15) is 47.2 Å². The molecular formula is C29H40N4O10. The topological polar surface area (TPSA) is 200 Å². The van der Waals surface area contributed by atoms with Gasteiger partial charge in [-0.25, -0.2) is 19.2 Å². The third kappa shape index (κ3) is 9.92. The molecule has 2 aromatic rings. The van der Waals surface area contributed by atoms with Crippen LogP contribution in [-0.4, -0.2) is 65.5 Å². The molecule has 0 aliphatic rings. The Hall–Kier alpha value is -4.24. The monoisotopic (exact) mass is 604 g/mol. The van der Waals surface area contributed by atoms with Crippen molar-refractivity contribution in [2.24, 2.45) is 11.5 Å². The minimum Gasteiger partial charge on any atom is -0.424 e. The number of esters is 2. The van der Waals surface area contributed by atoms with Gasteiger partial charge < -0.3 is 50.5 Å². The standard InChI is InChI=1S/C29H40N4O10/c1-29(2,21-7-17(13-38-3)25(18(8-21)14-39-4)42-23(34)11-32-27(30)36)22-9-19(15-40-5)26(20(10-22)16-41-6)43-24(35)12-33-28(31)37/h7-10H,11-16H2,1-6H3,(H3,30,32,36)(H3,31,33,37). The fourth-order valence-electron chi connectivity index (χ4n) is 4.33. The molecule has 0 heterocycles. The highest BCUT2D eigenvalue weighted by molar-refractivity contribution is 5.82. The molecule has 0 saturated heterocycles. The lowest BCUT2D eigenvalue weighted by Gasteiger charge is -2.30. The molecule has 14 heteroatoms. The van der Waals surface area contributed by atoms with Gasteiger partial charge in [0.25, 0.3) is 0 Å². The summed E-state index contributed by atoms with van der Waals surface area (Å²) in [6, 6.07) is 5.74. The molecule has 0 aliphatic heterocycles. The van der Waals surface area contributed by atoms with Gasteiger partial charge in [0.05, 0.1) is 26.4 Å². The Kier molecular flexibility index (Phi) is 13.3. The van der Waals surface area contributed by atoms with Crippen LogP contribution in [0.3, 0.4) is 0 Å². The van der Waals surface area contributed by atoms with E-state index in [0.717, 1.165) is 11.1 Å². The second kappa shape index (κ2) is 16.4. The van der Waals surface area contributed by atoms with Crippen LogP contribution in [0.25, 0.3) is 0 Å². The van der Waals surface area contributed by atoms with Crippen molar-refractivity contribution in [3.63, 3.8) is 0 Å². The van der Waals surface area contributed by atoms with Gasteiger partial charge in [0.2, 0.25) is 0 Å². The first kappa shape index (κ1) is 35.0. The number of amides is 4. The number of carbonyl (C=O) groups is 4. The summed E-state index contributed by atoms with van der Waals surface area (Å²) in [6.07, 6.45) is 0. The van der Waals surface area contributed by atoms with Crippen LogP contribution in [0.15, 0.2) is 24.3 Å². The molecule has 2 rings (SSSR count). The fraction of sp³-hybridized carbons (Fsp3) is 0.448. The third-order valence-electron chi connectivity index (χ3n) is 6.37. The molecule has 14 nitrogen and oxygen atoms in total. The summed E-state index contributed by atoms with van der Waals surface area (Å²) < 4.78 is 32.8. The van der Waals surface area contributed by atoms with E-state index in [-0.39, 0.29) is 37.9 Å². The number of methoxy groups -OCH3 is 4. The lowest BCUT2D eigenvalue weighted by molar-refractivity contribution is -0.134. The van der Waals surface area contributed by atoms with E-state index in [2.05, 4.69) is 10.6 Å². The van der Waals surface area contributed by atoms with Gasteiger partial charge in [0, 0.05) is 56.1 Å². The van der Waals surface area contributed by atoms with E-state index in [1.165, 1.54) is 28.4 Å². The highest BCUT2D eigenvalue weighted by Gasteiger charge is 2.29.